The molecule has 0 spiro atoms. The Labute approximate surface area is 241 Å². The fourth-order valence-corrected chi connectivity index (χ4v) is 6.06. The maximum absolute atomic E-state index is 14.6. The molecule has 1 aliphatic heterocycles. The molecule has 0 fully saturated rings. The fraction of sp³-hybridized carbons (Fsp3) is 0.194. The molecule has 0 saturated heterocycles. The average molecular weight is 577 g/mol. The molecule has 40 heavy (non-hydrogen) atoms. The molecule has 3 aromatic rings. The molecule has 5 rings (SSSR count). The second kappa shape index (κ2) is 11.2. The van der Waals surface area contributed by atoms with E-state index >= 15 is 0 Å². The third-order valence-corrected chi connectivity index (χ3v) is 7.85. The van der Waals surface area contributed by atoms with Crippen LogP contribution in [0.2, 0.25) is 10.0 Å². The number of anilines is 1. The van der Waals surface area contributed by atoms with E-state index in [-0.39, 0.29) is 23.4 Å². The van der Waals surface area contributed by atoms with E-state index in [0.29, 0.717) is 27.0 Å². The van der Waals surface area contributed by atoms with Gasteiger partial charge in [-0.25, -0.2) is 4.79 Å². The molecule has 2 aliphatic rings. The highest BCUT2D eigenvalue weighted by atomic mass is 35.5. The molecule has 0 radical (unpaired) electrons. The molecule has 7 nitrogen and oxygen atoms in total. The maximum Gasteiger partial charge on any atom is 0.338 e. The average Bonchev–Trinajstić information content (AvgIpc) is 2.96. The van der Waals surface area contributed by atoms with E-state index in [9.17, 15) is 14.4 Å². The largest absolute Gasteiger partial charge is 0.468 e. The summed E-state index contributed by atoms with van der Waals surface area (Å²) in [6, 6.07) is 23.1. The zero-order valence-electron chi connectivity index (χ0n) is 21.8. The second-order valence-corrected chi connectivity index (χ2v) is 10.4. The van der Waals surface area contributed by atoms with Crippen LogP contribution in [-0.2, 0) is 23.9 Å². The number of methoxy groups -OCH3 is 2. The molecule has 1 aliphatic carbocycles. The number of Topliss-reactive ketones (excluding diaryl/α,β-unsaturated/α-hetero) is 1. The number of ketones is 1. The van der Waals surface area contributed by atoms with Gasteiger partial charge in [-0.1, -0.05) is 71.7 Å². The number of ether oxygens (including phenoxy) is 2. The van der Waals surface area contributed by atoms with E-state index in [1.165, 1.54) is 14.2 Å². The topological polar surface area (TPSA) is 98.9 Å². The van der Waals surface area contributed by atoms with Crippen LogP contribution in [0, 0.1) is 5.92 Å². The molecule has 3 aromatic carbocycles. The summed E-state index contributed by atoms with van der Waals surface area (Å²) in [5.74, 6) is -4.38. The van der Waals surface area contributed by atoms with Crippen molar-refractivity contribution in [2.75, 3.05) is 19.1 Å². The van der Waals surface area contributed by atoms with Gasteiger partial charge in [-0.3, -0.25) is 14.5 Å². The molecular formula is C31H26Cl2N2O5. The fourth-order valence-electron chi connectivity index (χ4n) is 5.68. The second-order valence-electron chi connectivity index (χ2n) is 9.54. The number of allylic oxidation sites excluding steroid dienone is 2. The summed E-state index contributed by atoms with van der Waals surface area (Å²) >= 11 is 12.7. The molecule has 0 bridgehead atoms. The van der Waals surface area contributed by atoms with Crippen molar-refractivity contribution in [3.05, 3.63) is 123 Å². The van der Waals surface area contributed by atoms with Gasteiger partial charge >= 0.3 is 11.9 Å². The SMILES string of the molecule is COC(=O)C1=C(N)N(c2cccc(Cl)c2)C2=C(C(=O)[C@H](C(=O)OC)[C@H](c3ccccc3)C2)[C@H]1c1cccc(Cl)c1. The summed E-state index contributed by atoms with van der Waals surface area (Å²) in [5.41, 5.74) is 9.56. The highest BCUT2D eigenvalue weighted by Gasteiger charge is 2.51. The standard InChI is InChI=1S/C31H26Cl2N2O5/c1-39-30(37)25-22(17-8-4-3-5-9-17)16-23-26(28(25)36)24(18-10-6-11-19(32)14-18)27(31(38)40-2)29(34)35(23)21-13-7-12-20(33)15-21/h3-15,22,24-25H,16,34H2,1-2H3/t22-,24+,25+/m0/s1. The summed E-state index contributed by atoms with van der Waals surface area (Å²) in [6.45, 7) is 0. The summed E-state index contributed by atoms with van der Waals surface area (Å²) in [7, 11) is 2.50. The number of carbonyl (C=O) groups excluding carboxylic acids is 3. The predicted octanol–water partition coefficient (Wildman–Crippen LogP) is 5.74. The van der Waals surface area contributed by atoms with Gasteiger partial charge in [-0.05, 0) is 47.9 Å². The molecule has 1 heterocycles. The number of esters is 2. The predicted molar refractivity (Wildman–Crippen MR) is 153 cm³/mol. The van der Waals surface area contributed by atoms with E-state index in [2.05, 4.69) is 0 Å². The molecular weight excluding hydrogens is 551 g/mol. The number of carbonyl (C=O) groups is 3. The van der Waals surface area contributed by atoms with Crippen molar-refractivity contribution in [3.63, 3.8) is 0 Å². The Morgan fingerprint density at radius 2 is 1.52 bits per heavy atom. The first kappa shape index (κ1) is 27.5. The lowest BCUT2D eigenvalue weighted by atomic mass is 9.67. The zero-order chi connectivity index (χ0) is 28.6. The summed E-state index contributed by atoms with van der Waals surface area (Å²) in [5, 5.41) is 0.855. The van der Waals surface area contributed by atoms with Gasteiger partial charge in [-0.15, -0.1) is 0 Å². The van der Waals surface area contributed by atoms with Crippen LogP contribution in [0.1, 0.15) is 29.4 Å². The van der Waals surface area contributed by atoms with Gasteiger partial charge in [0.2, 0.25) is 0 Å². The van der Waals surface area contributed by atoms with E-state index in [0.717, 1.165) is 5.56 Å². The molecule has 3 atom stereocenters. The number of nitrogens with two attached hydrogens (primary N) is 1. The number of halogens is 2. The Balaban J connectivity index is 1.84. The van der Waals surface area contributed by atoms with Crippen LogP contribution in [0.15, 0.2) is 102 Å². The normalized spacial score (nSPS) is 20.8. The Bertz CT molecular complexity index is 1570. The first-order chi connectivity index (χ1) is 19.3. The number of benzene rings is 3. The quantitative estimate of drug-likeness (QED) is 0.305. The molecule has 0 amide bonds. The summed E-state index contributed by atoms with van der Waals surface area (Å²) in [6.07, 6.45) is 0.254. The molecule has 0 unspecified atom stereocenters. The molecule has 0 saturated carbocycles. The monoisotopic (exact) mass is 576 g/mol. The number of rotatable bonds is 5. The van der Waals surface area contributed by atoms with Crippen LogP contribution < -0.4 is 10.6 Å². The minimum Gasteiger partial charge on any atom is -0.468 e. The van der Waals surface area contributed by atoms with E-state index in [1.807, 2.05) is 30.3 Å². The van der Waals surface area contributed by atoms with Crippen LogP contribution in [0.25, 0.3) is 0 Å². The van der Waals surface area contributed by atoms with Gasteiger partial charge in [0.15, 0.2) is 5.78 Å². The molecule has 2 N–H and O–H groups in total. The van der Waals surface area contributed by atoms with E-state index in [1.54, 1.807) is 53.4 Å². The van der Waals surface area contributed by atoms with Crippen molar-refractivity contribution in [3.8, 4) is 0 Å². The Morgan fingerprint density at radius 3 is 2.15 bits per heavy atom. The van der Waals surface area contributed by atoms with Crippen molar-refractivity contribution >= 4 is 46.6 Å². The van der Waals surface area contributed by atoms with E-state index < -0.39 is 35.5 Å². The van der Waals surface area contributed by atoms with Gasteiger partial charge in [-0.2, -0.15) is 0 Å². The Morgan fingerprint density at radius 1 is 0.875 bits per heavy atom. The third-order valence-electron chi connectivity index (χ3n) is 7.38. The van der Waals surface area contributed by atoms with Gasteiger partial charge in [0.05, 0.1) is 25.7 Å². The minimum absolute atomic E-state index is 0.0543. The summed E-state index contributed by atoms with van der Waals surface area (Å²) in [4.78, 5) is 42.8. The lowest BCUT2D eigenvalue weighted by Gasteiger charge is -2.44. The van der Waals surface area contributed by atoms with Gasteiger partial charge in [0.25, 0.3) is 0 Å². The first-order valence-corrected chi connectivity index (χ1v) is 13.3. The highest BCUT2D eigenvalue weighted by Crippen LogP contribution is 2.51. The van der Waals surface area contributed by atoms with Gasteiger partial charge in [0.1, 0.15) is 11.7 Å². The van der Waals surface area contributed by atoms with Crippen LogP contribution in [0.5, 0.6) is 0 Å². The van der Waals surface area contributed by atoms with Crippen LogP contribution >= 0.6 is 23.2 Å². The van der Waals surface area contributed by atoms with Crippen molar-refractivity contribution in [2.45, 2.75) is 18.3 Å². The highest BCUT2D eigenvalue weighted by molar-refractivity contribution is 6.31. The Hall–Kier alpha value is -4.07. The lowest BCUT2D eigenvalue weighted by Crippen LogP contribution is -2.46. The summed E-state index contributed by atoms with van der Waals surface area (Å²) < 4.78 is 10.3. The van der Waals surface area contributed by atoms with E-state index in [4.69, 9.17) is 38.4 Å². The van der Waals surface area contributed by atoms with Gasteiger partial charge in [0, 0.05) is 32.9 Å². The molecule has 0 aromatic heterocycles. The molecule has 9 heteroatoms. The van der Waals surface area contributed by atoms with Gasteiger partial charge < -0.3 is 15.2 Å². The maximum atomic E-state index is 14.6. The van der Waals surface area contributed by atoms with Crippen LogP contribution in [0.3, 0.4) is 0 Å². The Kier molecular flexibility index (Phi) is 7.70. The zero-order valence-corrected chi connectivity index (χ0v) is 23.3. The number of hydrogen-bond acceptors (Lipinski definition) is 7. The van der Waals surface area contributed by atoms with Crippen molar-refractivity contribution < 1.29 is 23.9 Å². The van der Waals surface area contributed by atoms with Crippen molar-refractivity contribution in [2.24, 2.45) is 11.7 Å². The lowest BCUT2D eigenvalue weighted by molar-refractivity contribution is -0.150. The first-order valence-electron chi connectivity index (χ1n) is 12.6. The van der Waals surface area contributed by atoms with Crippen molar-refractivity contribution in [1.82, 2.24) is 0 Å². The van der Waals surface area contributed by atoms with Crippen LogP contribution in [-0.4, -0.2) is 31.9 Å². The number of nitrogens with zero attached hydrogens (tertiary/aromatic N) is 1. The number of hydrogen-bond donors (Lipinski definition) is 1. The molecule has 204 valence electrons. The third kappa shape index (κ3) is 4.76. The van der Waals surface area contributed by atoms with Crippen LogP contribution in [0.4, 0.5) is 5.69 Å². The smallest absolute Gasteiger partial charge is 0.338 e. The minimum atomic E-state index is -1.15. The van der Waals surface area contributed by atoms with Crippen molar-refractivity contribution in [1.29, 1.82) is 0 Å².